The number of hydrogen-bond donors (Lipinski definition) is 2. The number of anilines is 1. The van der Waals surface area contributed by atoms with Gasteiger partial charge in [-0.2, -0.15) is 5.10 Å². The molecule has 0 unspecified atom stereocenters. The first-order chi connectivity index (χ1) is 11.4. The maximum Gasteiger partial charge on any atom is 0.308 e. The summed E-state index contributed by atoms with van der Waals surface area (Å²) in [6.45, 7) is 3.00. The maximum absolute atomic E-state index is 12.0. The van der Waals surface area contributed by atoms with Crippen LogP contribution >= 0.6 is 11.3 Å². The first kappa shape index (κ1) is 17.4. The fourth-order valence-electron chi connectivity index (χ4n) is 1.85. The second kappa shape index (κ2) is 7.55. The molecule has 8 nitrogen and oxygen atoms in total. The first-order valence-corrected chi connectivity index (χ1v) is 7.65. The van der Waals surface area contributed by atoms with E-state index < -0.39 is 5.97 Å². The normalized spacial score (nSPS) is 10.6. The number of methoxy groups -OCH3 is 1. The van der Waals surface area contributed by atoms with Gasteiger partial charge in [0.1, 0.15) is 4.88 Å². The molecule has 0 aliphatic heterocycles. The van der Waals surface area contributed by atoms with Crippen LogP contribution in [-0.2, 0) is 4.79 Å². The summed E-state index contributed by atoms with van der Waals surface area (Å²) < 4.78 is 10.2. The summed E-state index contributed by atoms with van der Waals surface area (Å²) in [7, 11) is 1.46. The summed E-state index contributed by atoms with van der Waals surface area (Å²) in [5.74, 6) is -0.142. The molecule has 1 amide bonds. The van der Waals surface area contributed by atoms with Crippen molar-refractivity contribution in [3.63, 3.8) is 0 Å². The van der Waals surface area contributed by atoms with Gasteiger partial charge in [0.05, 0.1) is 19.0 Å². The molecule has 0 aliphatic carbocycles. The highest BCUT2D eigenvalue weighted by Crippen LogP contribution is 2.27. The smallest absolute Gasteiger partial charge is 0.308 e. The van der Waals surface area contributed by atoms with Crippen molar-refractivity contribution in [3.05, 3.63) is 34.3 Å². The van der Waals surface area contributed by atoms with Gasteiger partial charge in [0.2, 0.25) is 0 Å². The monoisotopic (exact) mass is 348 g/mol. The average Bonchev–Trinajstić information content (AvgIpc) is 2.86. The zero-order valence-electron chi connectivity index (χ0n) is 13.3. The summed E-state index contributed by atoms with van der Waals surface area (Å²) in [4.78, 5) is 27.4. The lowest BCUT2D eigenvalue weighted by Gasteiger charge is -2.08. The highest BCUT2D eigenvalue weighted by molar-refractivity contribution is 7.17. The van der Waals surface area contributed by atoms with Crippen molar-refractivity contribution in [2.45, 2.75) is 13.8 Å². The molecule has 1 heterocycles. The number of hydrazone groups is 1. The molecule has 2 rings (SSSR count). The van der Waals surface area contributed by atoms with Crippen molar-refractivity contribution in [3.8, 4) is 11.5 Å². The van der Waals surface area contributed by atoms with Gasteiger partial charge in [-0.15, -0.1) is 0 Å². The van der Waals surface area contributed by atoms with E-state index in [-0.39, 0.29) is 5.91 Å². The van der Waals surface area contributed by atoms with Crippen LogP contribution in [0.4, 0.5) is 5.13 Å². The number of carbonyl (C=O) groups is 2. The Labute approximate surface area is 142 Å². The van der Waals surface area contributed by atoms with Crippen molar-refractivity contribution >= 4 is 34.6 Å². The van der Waals surface area contributed by atoms with Crippen molar-refractivity contribution in [1.29, 1.82) is 0 Å². The Morgan fingerprint density at radius 3 is 2.71 bits per heavy atom. The number of nitrogens with two attached hydrogens (primary N) is 1. The van der Waals surface area contributed by atoms with Crippen LogP contribution < -0.4 is 20.6 Å². The van der Waals surface area contributed by atoms with Gasteiger partial charge in [-0.1, -0.05) is 11.3 Å². The van der Waals surface area contributed by atoms with Gasteiger partial charge in [-0.05, 0) is 30.7 Å². The molecule has 3 N–H and O–H groups in total. The molecule has 0 bridgehead atoms. The number of ether oxygens (including phenoxy) is 2. The third kappa shape index (κ3) is 4.29. The Morgan fingerprint density at radius 1 is 1.38 bits per heavy atom. The predicted molar refractivity (Wildman–Crippen MR) is 90.6 cm³/mol. The Hall–Kier alpha value is -2.94. The minimum atomic E-state index is -0.443. The van der Waals surface area contributed by atoms with Gasteiger partial charge >= 0.3 is 5.97 Å². The number of hydrogen-bond acceptors (Lipinski definition) is 8. The largest absolute Gasteiger partial charge is 0.493 e. The average molecular weight is 348 g/mol. The lowest BCUT2D eigenvalue weighted by molar-refractivity contribution is -0.132. The standard InChI is InChI=1S/C15H16N4O4S/c1-8-13(24-15(16)18-8)14(21)19-17-7-10-4-5-11(23-9(2)20)12(6-10)22-3/h4-7H,1-3H3,(H2,16,18)(H,19,21)/b17-7-. The number of nitrogens with zero attached hydrogens (tertiary/aromatic N) is 2. The lowest BCUT2D eigenvalue weighted by Crippen LogP contribution is -2.17. The molecular formula is C15H16N4O4S. The molecule has 0 fully saturated rings. The molecule has 0 atom stereocenters. The van der Waals surface area contributed by atoms with Crippen molar-refractivity contribution < 1.29 is 19.1 Å². The van der Waals surface area contributed by atoms with Crippen LogP contribution in [0.5, 0.6) is 11.5 Å². The third-order valence-electron chi connectivity index (χ3n) is 2.84. The number of amides is 1. The molecule has 1 aromatic carbocycles. The van der Waals surface area contributed by atoms with Gasteiger partial charge in [0, 0.05) is 6.92 Å². The van der Waals surface area contributed by atoms with E-state index in [9.17, 15) is 9.59 Å². The topological polar surface area (TPSA) is 116 Å². The molecule has 0 saturated heterocycles. The van der Waals surface area contributed by atoms with E-state index >= 15 is 0 Å². The van der Waals surface area contributed by atoms with E-state index in [1.165, 1.54) is 20.2 Å². The number of carbonyl (C=O) groups excluding carboxylic acids is 2. The summed E-state index contributed by atoms with van der Waals surface area (Å²) in [6.07, 6.45) is 1.44. The van der Waals surface area contributed by atoms with Crippen LogP contribution in [0.1, 0.15) is 27.9 Å². The van der Waals surface area contributed by atoms with Gasteiger partial charge in [-0.3, -0.25) is 9.59 Å². The second-order valence-corrected chi connectivity index (χ2v) is 5.70. The lowest BCUT2D eigenvalue weighted by atomic mass is 10.2. The van der Waals surface area contributed by atoms with Crippen molar-refractivity contribution in [2.75, 3.05) is 12.8 Å². The van der Waals surface area contributed by atoms with Crippen LogP contribution in [0.25, 0.3) is 0 Å². The van der Waals surface area contributed by atoms with Crippen LogP contribution in [0.3, 0.4) is 0 Å². The Balaban J connectivity index is 2.07. The number of aromatic nitrogens is 1. The van der Waals surface area contributed by atoms with E-state index in [1.807, 2.05) is 0 Å². The minimum absolute atomic E-state index is 0.307. The SMILES string of the molecule is COc1cc(/C=N\NC(=O)c2sc(N)nc2C)ccc1OC(C)=O. The summed E-state index contributed by atoms with van der Waals surface area (Å²) in [6, 6.07) is 4.88. The number of aryl methyl sites for hydroxylation is 1. The number of rotatable bonds is 5. The number of nitrogens with one attached hydrogen (secondary N) is 1. The van der Waals surface area contributed by atoms with E-state index in [2.05, 4.69) is 15.5 Å². The van der Waals surface area contributed by atoms with Crippen molar-refractivity contribution in [2.24, 2.45) is 5.10 Å². The number of thiazole rings is 1. The molecule has 126 valence electrons. The van der Waals surface area contributed by atoms with Crippen molar-refractivity contribution in [1.82, 2.24) is 10.4 Å². The van der Waals surface area contributed by atoms with E-state index in [1.54, 1.807) is 25.1 Å². The van der Waals surface area contributed by atoms with E-state index in [0.717, 1.165) is 11.3 Å². The van der Waals surface area contributed by atoms with Gasteiger partial charge in [-0.25, -0.2) is 10.4 Å². The predicted octanol–water partition coefficient (Wildman–Crippen LogP) is 1.73. The first-order valence-electron chi connectivity index (χ1n) is 6.83. The number of benzene rings is 1. The second-order valence-electron chi connectivity index (χ2n) is 4.67. The Kier molecular flexibility index (Phi) is 5.48. The van der Waals surface area contributed by atoms with Crippen LogP contribution in [-0.4, -0.2) is 30.2 Å². The summed E-state index contributed by atoms with van der Waals surface area (Å²) in [5.41, 5.74) is 9.17. The molecule has 2 aromatic rings. The summed E-state index contributed by atoms with van der Waals surface area (Å²) in [5, 5.41) is 4.21. The van der Waals surface area contributed by atoms with Gasteiger partial charge in [0.25, 0.3) is 5.91 Å². The number of nitrogen functional groups attached to an aromatic ring is 1. The zero-order chi connectivity index (χ0) is 17.7. The fourth-order valence-corrected chi connectivity index (χ4v) is 2.57. The molecular weight excluding hydrogens is 332 g/mol. The molecule has 1 aromatic heterocycles. The molecule has 0 saturated carbocycles. The number of esters is 1. The van der Waals surface area contributed by atoms with E-state index in [0.29, 0.717) is 32.8 Å². The molecule has 0 radical (unpaired) electrons. The Bertz CT molecular complexity index is 801. The van der Waals surface area contributed by atoms with Gasteiger partial charge < -0.3 is 15.2 Å². The van der Waals surface area contributed by atoms with E-state index in [4.69, 9.17) is 15.2 Å². The highest BCUT2D eigenvalue weighted by atomic mass is 32.1. The quantitative estimate of drug-likeness (QED) is 0.368. The summed E-state index contributed by atoms with van der Waals surface area (Å²) >= 11 is 1.09. The fraction of sp³-hybridized carbons (Fsp3) is 0.200. The zero-order valence-corrected chi connectivity index (χ0v) is 14.1. The molecule has 0 spiro atoms. The molecule has 9 heteroatoms. The van der Waals surface area contributed by atoms with Crippen LogP contribution in [0, 0.1) is 6.92 Å². The molecule has 24 heavy (non-hydrogen) atoms. The third-order valence-corrected chi connectivity index (χ3v) is 3.83. The van der Waals surface area contributed by atoms with Crippen LogP contribution in [0.2, 0.25) is 0 Å². The van der Waals surface area contributed by atoms with Crippen LogP contribution in [0.15, 0.2) is 23.3 Å². The van der Waals surface area contributed by atoms with Gasteiger partial charge in [0.15, 0.2) is 16.6 Å². The Morgan fingerprint density at radius 2 is 2.12 bits per heavy atom. The highest BCUT2D eigenvalue weighted by Gasteiger charge is 2.13. The minimum Gasteiger partial charge on any atom is -0.493 e. The maximum atomic E-state index is 12.0. The molecule has 0 aliphatic rings.